The summed E-state index contributed by atoms with van der Waals surface area (Å²) in [7, 11) is 0. The van der Waals surface area contributed by atoms with Gasteiger partial charge in [0.15, 0.2) is 0 Å². The van der Waals surface area contributed by atoms with Crippen LogP contribution in [0.15, 0.2) is 36.4 Å². The van der Waals surface area contributed by atoms with E-state index in [4.69, 9.17) is 9.47 Å². The van der Waals surface area contributed by atoms with Gasteiger partial charge in [0.1, 0.15) is 18.8 Å². The Morgan fingerprint density at radius 3 is 2.62 bits per heavy atom. The summed E-state index contributed by atoms with van der Waals surface area (Å²) in [6.07, 6.45) is 5.55. The SMILES string of the molecule is CCC[C@@H]1[C@H]2C(=O)N1C(C(=O)OCc1ccc([N+](=O)[O-])cc1)C/C=C\CCC(=O)O[C@@H]2C. The van der Waals surface area contributed by atoms with Gasteiger partial charge in [0.2, 0.25) is 5.91 Å². The second-order valence-corrected chi connectivity index (χ2v) is 8.12. The van der Waals surface area contributed by atoms with Crippen LogP contribution in [-0.2, 0) is 30.5 Å². The number of ether oxygens (including phenoxy) is 2. The Morgan fingerprint density at radius 2 is 1.97 bits per heavy atom. The van der Waals surface area contributed by atoms with Crippen LogP contribution in [0, 0.1) is 16.0 Å². The van der Waals surface area contributed by atoms with E-state index in [1.807, 2.05) is 6.92 Å². The normalized spacial score (nSPS) is 26.8. The molecule has 172 valence electrons. The summed E-state index contributed by atoms with van der Waals surface area (Å²) in [5, 5.41) is 10.8. The van der Waals surface area contributed by atoms with Gasteiger partial charge in [-0.25, -0.2) is 4.79 Å². The highest BCUT2D eigenvalue weighted by Crippen LogP contribution is 2.37. The third kappa shape index (κ3) is 5.15. The number of hydrogen-bond acceptors (Lipinski definition) is 7. The molecule has 1 saturated heterocycles. The van der Waals surface area contributed by atoms with Crippen molar-refractivity contribution < 1.29 is 28.8 Å². The van der Waals surface area contributed by atoms with Gasteiger partial charge in [-0.2, -0.15) is 0 Å². The zero-order valence-corrected chi connectivity index (χ0v) is 18.3. The summed E-state index contributed by atoms with van der Waals surface area (Å²) >= 11 is 0. The lowest BCUT2D eigenvalue weighted by Gasteiger charge is -2.51. The Kier molecular flexibility index (Phi) is 7.61. The van der Waals surface area contributed by atoms with Gasteiger partial charge in [-0.3, -0.25) is 19.7 Å². The molecule has 9 nitrogen and oxygen atoms in total. The van der Waals surface area contributed by atoms with E-state index in [0.717, 1.165) is 6.42 Å². The van der Waals surface area contributed by atoms with E-state index in [9.17, 15) is 24.5 Å². The van der Waals surface area contributed by atoms with Crippen molar-refractivity contribution in [3.05, 3.63) is 52.1 Å². The maximum absolute atomic E-state index is 13.0. The number of β-lactam (4-membered cyclic amide) rings is 1. The Labute approximate surface area is 186 Å². The predicted octanol–water partition coefficient (Wildman–Crippen LogP) is 3.31. The number of nitro benzene ring substituents is 1. The lowest BCUT2D eigenvalue weighted by molar-refractivity contribution is -0.384. The van der Waals surface area contributed by atoms with Crippen molar-refractivity contribution in [2.45, 2.75) is 70.7 Å². The third-order valence-corrected chi connectivity index (χ3v) is 5.90. The molecule has 0 radical (unpaired) electrons. The van der Waals surface area contributed by atoms with Crippen LogP contribution < -0.4 is 0 Å². The molecule has 2 bridgehead atoms. The molecule has 4 rings (SSSR count). The molecule has 3 aliphatic heterocycles. The lowest BCUT2D eigenvalue weighted by Crippen LogP contribution is -2.69. The second kappa shape index (κ2) is 10.4. The van der Waals surface area contributed by atoms with Crippen LogP contribution in [0.5, 0.6) is 0 Å². The van der Waals surface area contributed by atoms with Crippen molar-refractivity contribution in [3.8, 4) is 0 Å². The van der Waals surface area contributed by atoms with Crippen LogP contribution in [0.1, 0.15) is 51.5 Å². The minimum atomic E-state index is -0.771. The number of nitrogens with zero attached hydrogens (tertiary/aromatic N) is 2. The predicted molar refractivity (Wildman–Crippen MR) is 114 cm³/mol. The van der Waals surface area contributed by atoms with Gasteiger partial charge in [-0.05, 0) is 43.9 Å². The Hall–Kier alpha value is -3.23. The van der Waals surface area contributed by atoms with E-state index < -0.39 is 29.0 Å². The second-order valence-electron chi connectivity index (χ2n) is 8.12. The van der Waals surface area contributed by atoms with Gasteiger partial charge in [-0.1, -0.05) is 25.5 Å². The van der Waals surface area contributed by atoms with Crippen LogP contribution in [0.3, 0.4) is 0 Å². The Bertz CT molecular complexity index is 896. The smallest absolute Gasteiger partial charge is 0.329 e. The molecule has 1 unspecified atom stereocenters. The van der Waals surface area contributed by atoms with Crippen molar-refractivity contribution in [2.75, 3.05) is 0 Å². The molecular formula is C23H28N2O7. The molecule has 0 spiro atoms. The lowest BCUT2D eigenvalue weighted by atomic mass is 9.79. The largest absolute Gasteiger partial charge is 0.462 e. The van der Waals surface area contributed by atoms with Crippen molar-refractivity contribution in [1.82, 2.24) is 4.90 Å². The fraction of sp³-hybridized carbons (Fsp3) is 0.522. The highest BCUT2D eigenvalue weighted by molar-refractivity contribution is 5.92. The van der Waals surface area contributed by atoms with Gasteiger partial charge >= 0.3 is 11.9 Å². The minimum Gasteiger partial charge on any atom is -0.462 e. The summed E-state index contributed by atoms with van der Waals surface area (Å²) in [5.74, 6) is -1.53. The average Bonchev–Trinajstić information content (AvgIpc) is 2.75. The zero-order chi connectivity index (χ0) is 23.3. The topological polar surface area (TPSA) is 116 Å². The molecule has 1 aromatic rings. The number of non-ortho nitro benzene ring substituents is 1. The number of rotatable bonds is 6. The number of carbonyl (C=O) groups is 3. The first kappa shape index (κ1) is 23.4. The van der Waals surface area contributed by atoms with Crippen LogP contribution >= 0.6 is 0 Å². The van der Waals surface area contributed by atoms with Crippen LogP contribution in [0.4, 0.5) is 5.69 Å². The Morgan fingerprint density at radius 1 is 1.25 bits per heavy atom. The number of allylic oxidation sites excluding steroid dienone is 1. The molecule has 32 heavy (non-hydrogen) atoms. The van der Waals surface area contributed by atoms with Crippen LogP contribution in [0.25, 0.3) is 0 Å². The standard InChI is InChI=1S/C23H28N2O7/c1-3-7-18-21-15(2)32-20(26)9-6-4-5-8-19(24(18)22(21)27)23(28)31-14-16-10-12-17(13-11-16)25(29)30/h4-5,10-13,15,18-19,21H,3,6-9,14H2,1-2H3/b5-4-/t15-,18-,19?,21+/m1/s1. The van der Waals surface area contributed by atoms with Crippen molar-refractivity contribution >= 4 is 23.5 Å². The maximum atomic E-state index is 13.0. The minimum absolute atomic E-state index is 0.0426. The quantitative estimate of drug-likeness (QED) is 0.217. The van der Waals surface area contributed by atoms with E-state index in [1.54, 1.807) is 24.0 Å². The van der Waals surface area contributed by atoms with Crippen molar-refractivity contribution in [1.29, 1.82) is 0 Å². The third-order valence-electron chi connectivity index (χ3n) is 5.90. The highest BCUT2D eigenvalue weighted by atomic mass is 16.6. The summed E-state index contributed by atoms with van der Waals surface area (Å²) < 4.78 is 10.9. The van der Waals surface area contributed by atoms with E-state index in [2.05, 4.69) is 0 Å². The average molecular weight is 444 g/mol. The molecule has 0 N–H and O–H groups in total. The number of hydrogen-bond donors (Lipinski definition) is 0. The summed E-state index contributed by atoms with van der Waals surface area (Å²) in [6.45, 7) is 3.68. The van der Waals surface area contributed by atoms with Gasteiger partial charge in [0, 0.05) is 24.6 Å². The first-order chi connectivity index (χ1) is 15.3. The molecule has 3 heterocycles. The first-order valence-electron chi connectivity index (χ1n) is 10.9. The van der Waals surface area contributed by atoms with Gasteiger partial charge in [0.25, 0.3) is 5.69 Å². The maximum Gasteiger partial charge on any atom is 0.329 e. The van der Waals surface area contributed by atoms with Gasteiger partial charge < -0.3 is 14.4 Å². The molecule has 0 aromatic heterocycles. The van der Waals surface area contributed by atoms with Gasteiger partial charge in [-0.15, -0.1) is 0 Å². The highest BCUT2D eigenvalue weighted by Gasteiger charge is 2.54. The number of benzene rings is 1. The molecule has 4 atom stereocenters. The number of nitro groups is 1. The molecule has 3 aliphatic rings. The van der Waals surface area contributed by atoms with Gasteiger partial charge in [0.05, 0.1) is 10.8 Å². The fourth-order valence-corrected chi connectivity index (χ4v) is 4.28. The first-order valence-corrected chi connectivity index (χ1v) is 10.9. The number of esters is 2. The van der Waals surface area contributed by atoms with E-state index in [1.165, 1.54) is 24.3 Å². The molecule has 1 amide bonds. The van der Waals surface area contributed by atoms with Crippen LogP contribution in [-0.4, -0.2) is 45.9 Å². The monoisotopic (exact) mass is 444 g/mol. The van der Waals surface area contributed by atoms with Crippen LogP contribution in [0.2, 0.25) is 0 Å². The number of fused-ring (bicyclic) bond motifs is 7. The zero-order valence-electron chi connectivity index (χ0n) is 18.3. The molecular weight excluding hydrogens is 416 g/mol. The molecule has 1 aromatic carbocycles. The molecule has 0 aliphatic carbocycles. The van der Waals surface area contributed by atoms with E-state index in [0.29, 0.717) is 24.8 Å². The summed E-state index contributed by atoms with van der Waals surface area (Å²) in [5.41, 5.74) is 0.574. The van der Waals surface area contributed by atoms with E-state index in [-0.39, 0.29) is 36.6 Å². The van der Waals surface area contributed by atoms with E-state index >= 15 is 0 Å². The number of amides is 1. The molecule has 1 fully saturated rings. The van der Waals surface area contributed by atoms with Crippen molar-refractivity contribution in [3.63, 3.8) is 0 Å². The molecule has 9 heteroatoms. The van der Waals surface area contributed by atoms with Crippen molar-refractivity contribution in [2.24, 2.45) is 5.92 Å². The Balaban J connectivity index is 1.76. The number of carbonyl (C=O) groups excluding carboxylic acids is 3. The summed E-state index contributed by atoms with van der Waals surface area (Å²) in [4.78, 5) is 49.9. The summed E-state index contributed by atoms with van der Waals surface area (Å²) in [6, 6.07) is 4.80. The molecule has 0 saturated carbocycles. The fourth-order valence-electron chi connectivity index (χ4n) is 4.28.